The molecule has 1 aliphatic heterocycles. The van der Waals surface area contributed by atoms with Gasteiger partial charge in [-0.15, -0.1) is 0 Å². The lowest BCUT2D eigenvalue weighted by Crippen LogP contribution is -2.08. The van der Waals surface area contributed by atoms with Gasteiger partial charge in [0, 0.05) is 9.64 Å². The third kappa shape index (κ3) is 1.52. The Morgan fingerprint density at radius 2 is 2.00 bits per heavy atom. The van der Waals surface area contributed by atoms with E-state index in [2.05, 4.69) is 0 Å². The topological polar surface area (TPSA) is 65.0 Å². The van der Waals surface area contributed by atoms with E-state index in [1.165, 1.54) is 6.07 Å². The fourth-order valence-corrected chi connectivity index (χ4v) is 1.70. The van der Waals surface area contributed by atoms with Gasteiger partial charge in [-0.05, 0) is 28.7 Å². The highest BCUT2D eigenvalue weighted by Gasteiger charge is 2.16. The number of rotatable bonds is 1. The average Bonchev–Trinajstić information content (AvgIpc) is 2.48. The van der Waals surface area contributed by atoms with Crippen molar-refractivity contribution in [1.29, 1.82) is 0 Å². The number of hydrogen-bond acceptors (Lipinski definition) is 5. The highest BCUT2D eigenvalue weighted by Crippen LogP contribution is 2.38. The molecule has 5 nitrogen and oxygen atoms in total. The van der Waals surface area contributed by atoms with Crippen LogP contribution in [0.25, 0.3) is 0 Å². The third-order valence-electron chi connectivity index (χ3n) is 1.65. The van der Waals surface area contributed by atoms with Crippen molar-refractivity contribution in [2.75, 3.05) is 12.0 Å². The molecule has 1 heterocycles. The molecule has 0 saturated heterocycles. The Bertz CT molecular complexity index is 342. The molecule has 1 aromatic carbocycles. The first kappa shape index (κ1) is 8.85. The van der Waals surface area contributed by atoms with Gasteiger partial charge in [0.25, 0.3) is 0 Å². The van der Waals surface area contributed by atoms with Crippen LogP contribution in [-0.2, 0) is 0 Å². The molecule has 13 heavy (non-hydrogen) atoms. The maximum Gasteiger partial charge on any atom is 0.231 e. The van der Waals surface area contributed by atoms with E-state index in [4.69, 9.17) is 14.7 Å². The van der Waals surface area contributed by atoms with Gasteiger partial charge >= 0.3 is 0 Å². The lowest BCUT2D eigenvalue weighted by Gasteiger charge is -2.22. The normalized spacial score (nSPS) is 13.2. The third-order valence-corrected chi connectivity index (χ3v) is 2.51. The number of fused-ring (bicyclic) bond motifs is 1. The number of hydrogen-bond donors (Lipinski definition) is 1. The Morgan fingerprint density at radius 3 is 2.62 bits per heavy atom. The van der Waals surface area contributed by atoms with Crippen LogP contribution in [-0.4, -0.2) is 12.0 Å². The van der Waals surface area contributed by atoms with E-state index in [1.54, 1.807) is 6.07 Å². The van der Waals surface area contributed by atoms with Crippen LogP contribution in [0.4, 0.5) is 5.69 Å². The summed E-state index contributed by atoms with van der Waals surface area (Å²) in [4.78, 5) is 0. The molecule has 0 fully saturated rings. The second kappa shape index (κ2) is 3.20. The molecule has 0 bridgehead atoms. The van der Waals surface area contributed by atoms with Crippen molar-refractivity contribution < 1.29 is 14.7 Å². The molecule has 1 N–H and O–H groups in total. The van der Waals surface area contributed by atoms with Crippen molar-refractivity contribution in [3.8, 4) is 11.5 Å². The minimum absolute atomic E-state index is 0.152. The van der Waals surface area contributed by atoms with Gasteiger partial charge in [0.2, 0.25) is 6.79 Å². The van der Waals surface area contributed by atoms with Crippen LogP contribution < -0.4 is 14.7 Å². The van der Waals surface area contributed by atoms with E-state index >= 15 is 0 Å². The summed E-state index contributed by atoms with van der Waals surface area (Å²) < 4.78 is 10.7. The molecule has 0 unspecified atom stereocenters. The van der Waals surface area contributed by atoms with Gasteiger partial charge in [0.1, 0.15) is 0 Å². The minimum Gasteiger partial charge on any atom is -0.733 e. The summed E-state index contributed by atoms with van der Waals surface area (Å²) in [6, 6.07) is 3.08. The van der Waals surface area contributed by atoms with Crippen LogP contribution in [0.5, 0.6) is 11.5 Å². The smallest absolute Gasteiger partial charge is 0.231 e. The molecular weight excluding hydrogens is 289 g/mol. The van der Waals surface area contributed by atoms with E-state index in [9.17, 15) is 5.21 Å². The summed E-state index contributed by atoms with van der Waals surface area (Å²) in [7, 11) is 0. The Kier molecular flexibility index (Phi) is 2.18. The van der Waals surface area contributed by atoms with Crippen molar-refractivity contribution in [2.45, 2.75) is 0 Å². The maximum atomic E-state index is 10.6. The summed E-state index contributed by atoms with van der Waals surface area (Å²) in [5.74, 6) is 1.07. The summed E-state index contributed by atoms with van der Waals surface area (Å²) in [6.45, 7) is 0.152. The zero-order chi connectivity index (χ0) is 9.42. The Hall–Kier alpha value is -0.730. The minimum atomic E-state index is -0.191. The lowest BCUT2D eigenvalue weighted by atomic mass is 10.3. The van der Waals surface area contributed by atoms with E-state index in [1.807, 2.05) is 22.6 Å². The van der Waals surface area contributed by atoms with Gasteiger partial charge in [0.05, 0.1) is 5.69 Å². The molecule has 2 rings (SSSR count). The largest absolute Gasteiger partial charge is 0.733 e. The van der Waals surface area contributed by atoms with Gasteiger partial charge < -0.3 is 19.9 Å². The average molecular weight is 294 g/mol. The molecule has 0 atom stereocenters. The predicted octanol–water partition coefficient (Wildman–Crippen LogP) is 1.71. The zero-order valence-electron chi connectivity index (χ0n) is 6.36. The maximum absolute atomic E-state index is 10.6. The molecule has 1 aliphatic rings. The van der Waals surface area contributed by atoms with Gasteiger partial charge in [-0.2, -0.15) is 0 Å². The number of halogens is 1. The highest BCUT2D eigenvalue weighted by atomic mass is 127. The van der Waals surface area contributed by atoms with Crippen LogP contribution in [0.3, 0.4) is 0 Å². The lowest BCUT2D eigenvalue weighted by molar-refractivity contribution is 0.174. The van der Waals surface area contributed by atoms with Gasteiger partial charge in [0.15, 0.2) is 11.5 Å². The Balaban J connectivity index is 2.49. The van der Waals surface area contributed by atoms with Gasteiger partial charge in [-0.1, -0.05) is 0 Å². The fraction of sp³-hybridized carbons (Fsp3) is 0.143. The van der Waals surface area contributed by atoms with Crippen molar-refractivity contribution in [1.82, 2.24) is 0 Å². The first-order chi connectivity index (χ1) is 6.18. The molecule has 0 saturated carbocycles. The molecule has 0 spiro atoms. The second-order valence-electron chi connectivity index (χ2n) is 2.43. The summed E-state index contributed by atoms with van der Waals surface area (Å²) in [5, 5.41) is 19.2. The van der Waals surface area contributed by atoms with E-state index in [0.29, 0.717) is 15.1 Å². The van der Waals surface area contributed by atoms with Gasteiger partial charge in [-0.3, -0.25) is 5.21 Å². The monoisotopic (exact) mass is 294 g/mol. The number of ether oxygens (including phenoxy) is 2. The Morgan fingerprint density at radius 1 is 1.38 bits per heavy atom. The van der Waals surface area contributed by atoms with Crippen molar-refractivity contribution >= 4 is 28.3 Å². The quantitative estimate of drug-likeness (QED) is 0.631. The van der Waals surface area contributed by atoms with E-state index in [0.717, 1.165) is 0 Å². The molecule has 6 heteroatoms. The van der Waals surface area contributed by atoms with Gasteiger partial charge in [-0.25, -0.2) is 0 Å². The fourth-order valence-electron chi connectivity index (χ4n) is 1.05. The standard InChI is InChI=1S/C7H5INO4/c8-4-1-6-7(13-3-12-6)2-5(4)9(10)11/h1-2,10H,3H2/q-1. The number of nitrogens with zero attached hydrogens (tertiary/aromatic N) is 1. The van der Waals surface area contributed by atoms with Crippen LogP contribution >= 0.6 is 22.6 Å². The Labute approximate surface area is 87.5 Å². The first-order valence-electron chi connectivity index (χ1n) is 3.44. The van der Waals surface area contributed by atoms with Crippen LogP contribution in [0.1, 0.15) is 0 Å². The number of anilines is 1. The molecule has 0 amide bonds. The molecule has 70 valence electrons. The van der Waals surface area contributed by atoms with E-state index in [-0.39, 0.29) is 17.7 Å². The van der Waals surface area contributed by atoms with Crippen molar-refractivity contribution in [2.24, 2.45) is 0 Å². The first-order valence-corrected chi connectivity index (χ1v) is 4.51. The SMILES string of the molecule is [O-]N(O)c1cc2c(cc1I)OCO2. The highest BCUT2D eigenvalue weighted by molar-refractivity contribution is 14.1. The second-order valence-corrected chi connectivity index (χ2v) is 3.59. The summed E-state index contributed by atoms with van der Waals surface area (Å²) in [6.07, 6.45) is 0. The molecule has 0 aromatic heterocycles. The van der Waals surface area contributed by atoms with Crippen LogP contribution in [0.15, 0.2) is 12.1 Å². The zero-order valence-corrected chi connectivity index (χ0v) is 8.52. The summed E-state index contributed by atoms with van der Waals surface area (Å²) in [5.41, 5.74) is 0.157. The van der Waals surface area contributed by atoms with E-state index < -0.39 is 0 Å². The summed E-state index contributed by atoms with van der Waals surface area (Å²) >= 11 is 1.93. The van der Waals surface area contributed by atoms with Crippen molar-refractivity contribution in [3.63, 3.8) is 0 Å². The molecule has 0 radical (unpaired) electrons. The van der Waals surface area contributed by atoms with Crippen molar-refractivity contribution in [3.05, 3.63) is 20.9 Å². The molecular formula is C7H5INO4-. The predicted molar refractivity (Wildman–Crippen MR) is 52.9 cm³/mol. The van der Waals surface area contributed by atoms with Crippen LogP contribution in [0.2, 0.25) is 0 Å². The molecule has 0 aliphatic carbocycles. The number of benzene rings is 1. The van der Waals surface area contributed by atoms with Crippen LogP contribution in [0, 0.1) is 8.78 Å². The molecule has 1 aromatic rings.